The molecule has 0 aliphatic carbocycles. The lowest BCUT2D eigenvalue weighted by Crippen LogP contribution is -2.17. The number of nitrogens with one attached hydrogen (secondary N) is 2. The van der Waals surface area contributed by atoms with Gasteiger partial charge < -0.3 is 9.73 Å². The summed E-state index contributed by atoms with van der Waals surface area (Å²) in [6, 6.07) is 10.7. The predicted octanol–water partition coefficient (Wildman–Crippen LogP) is 2.58. The zero-order valence-corrected chi connectivity index (χ0v) is 14.4. The van der Waals surface area contributed by atoms with Crippen molar-refractivity contribution in [3.63, 3.8) is 0 Å². The quantitative estimate of drug-likeness (QED) is 0.707. The number of anilines is 1. The number of aromatic amines is 1. The Morgan fingerprint density at radius 3 is 2.72 bits per heavy atom. The molecular formula is C16H13ClN2O5S. The second kappa shape index (κ2) is 6.73. The molecule has 0 aliphatic rings. The summed E-state index contributed by atoms with van der Waals surface area (Å²) in [4.78, 5) is 25.6. The van der Waals surface area contributed by atoms with Crippen LogP contribution in [0.5, 0.6) is 0 Å². The molecule has 1 aromatic heterocycles. The van der Waals surface area contributed by atoms with E-state index in [1.165, 1.54) is 18.2 Å². The lowest BCUT2D eigenvalue weighted by Gasteiger charge is -2.07. The average Bonchev–Trinajstić information content (AvgIpc) is 2.92. The van der Waals surface area contributed by atoms with E-state index < -0.39 is 21.5 Å². The number of aromatic nitrogens is 1. The molecule has 0 radical (unpaired) electrons. The minimum absolute atomic E-state index is 0.0000146. The number of hydrogen-bond donors (Lipinski definition) is 2. The van der Waals surface area contributed by atoms with Crippen molar-refractivity contribution >= 4 is 44.1 Å². The Morgan fingerprint density at radius 2 is 1.96 bits per heavy atom. The molecule has 3 rings (SSSR count). The van der Waals surface area contributed by atoms with Crippen LogP contribution in [0.15, 0.2) is 56.6 Å². The molecule has 2 aromatic carbocycles. The number of carbonyl (C=O) groups excluding carboxylic acids is 1. The molecule has 130 valence electrons. The van der Waals surface area contributed by atoms with E-state index in [1.807, 2.05) is 0 Å². The van der Waals surface area contributed by atoms with E-state index in [-0.39, 0.29) is 22.1 Å². The van der Waals surface area contributed by atoms with Crippen molar-refractivity contribution in [2.75, 3.05) is 11.1 Å². The van der Waals surface area contributed by atoms with E-state index in [1.54, 1.807) is 24.3 Å². The Hall–Kier alpha value is -2.58. The van der Waals surface area contributed by atoms with Crippen molar-refractivity contribution in [3.8, 4) is 0 Å². The molecule has 0 unspecified atom stereocenters. The molecule has 2 N–H and O–H groups in total. The molecule has 0 bridgehead atoms. The van der Waals surface area contributed by atoms with Crippen LogP contribution >= 0.6 is 11.6 Å². The lowest BCUT2D eigenvalue weighted by atomic mass is 10.3. The Labute approximate surface area is 147 Å². The van der Waals surface area contributed by atoms with Crippen LogP contribution in [0.3, 0.4) is 0 Å². The Kier molecular flexibility index (Phi) is 4.65. The summed E-state index contributed by atoms with van der Waals surface area (Å²) in [6.07, 6.45) is -0.233. The summed E-state index contributed by atoms with van der Waals surface area (Å²) in [6.45, 7) is 0. The van der Waals surface area contributed by atoms with Gasteiger partial charge in [0.2, 0.25) is 5.91 Å². The fourth-order valence-electron chi connectivity index (χ4n) is 2.28. The van der Waals surface area contributed by atoms with Gasteiger partial charge in [-0.25, -0.2) is 13.2 Å². The van der Waals surface area contributed by atoms with Crippen LogP contribution in [0, 0.1) is 0 Å². The van der Waals surface area contributed by atoms with Gasteiger partial charge >= 0.3 is 5.76 Å². The minimum Gasteiger partial charge on any atom is -0.408 e. The Balaban J connectivity index is 1.67. The highest BCUT2D eigenvalue weighted by molar-refractivity contribution is 7.91. The number of rotatable bonds is 5. The van der Waals surface area contributed by atoms with Gasteiger partial charge in [0.1, 0.15) is 0 Å². The number of carbonyl (C=O) groups is 1. The lowest BCUT2D eigenvalue weighted by molar-refractivity contribution is -0.115. The van der Waals surface area contributed by atoms with E-state index in [0.717, 1.165) is 0 Å². The maximum absolute atomic E-state index is 12.3. The van der Waals surface area contributed by atoms with Crippen molar-refractivity contribution in [2.45, 2.75) is 11.3 Å². The Bertz CT molecular complexity index is 1100. The van der Waals surface area contributed by atoms with Gasteiger partial charge in [0.15, 0.2) is 15.4 Å². The number of sulfone groups is 1. The molecule has 9 heteroatoms. The number of hydrogen-bond acceptors (Lipinski definition) is 5. The van der Waals surface area contributed by atoms with Gasteiger partial charge in [-0.3, -0.25) is 9.78 Å². The zero-order valence-electron chi connectivity index (χ0n) is 12.8. The third-order valence-electron chi connectivity index (χ3n) is 3.47. The summed E-state index contributed by atoms with van der Waals surface area (Å²) in [5.74, 6) is -1.44. The van der Waals surface area contributed by atoms with Gasteiger partial charge in [-0.2, -0.15) is 0 Å². The first-order valence-corrected chi connectivity index (χ1v) is 9.28. The number of oxazole rings is 1. The maximum Gasteiger partial charge on any atom is 0.417 e. The minimum atomic E-state index is -3.67. The maximum atomic E-state index is 12.3. The number of H-pyrrole nitrogens is 1. The smallest absolute Gasteiger partial charge is 0.408 e. The number of fused-ring (bicyclic) bond motifs is 1. The number of amides is 1. The van der Waals surface area contributed by atoms with Crippen LogP contribution in [-0.2, 0) is 14.6 Å². The third-order valence-corrected chi connectivity index (χ3v) is 5.68. The van der Waals surface area contributed by atoms with Crippen LogP contribution < -0.4 is 11.1 Å². The topological polar surface area (TPSA) is 109 Å². The molecule has 1 amide bonds. The van der Waals surface area contributed by atoms with E-state index >= 15 is 0 Å². The fourth-order valence-corrected chi connectivity index (χ4v) is 4.09. The molecule has 0 atom stereocenters. The van der Waals surface area contributed by atoms with Gasteiger partial charge in [-0.05, 0) is 24.3 Å². The summed E-state index contributed by atoms with van der Waals surface area (Å²) in [7, 11) is -3.67. The van der Waals surface area contributed by atoms with Crippen molar-refractivity contribution in [3.05, 3.63) is 58.0 Å². The van der Waals surface area contributed by atoms with Gasteiger partial charge in [0.25, 0.3) is 0 Å². The molecule has 0 spiro atoms. The average molecular weight is 381 g/mol. The normalized spacial score (nSPS) is 11.6. The predicted molar refractivity (Wildman–Crippen MR) is 93.6 cm³/mol. The second-order valence-corrected chi connectivity index (χ2v) is 7.76. The Morgan fingerprint density at radius 1 is 1.20 bits per heavy atom. The fraction of sp³-hybridized carbons (Fsp3) is 0.125. The van der Waals surface area contributed by atoms with Crippen LogP contribution in [0.2, 0.25) is 5.02 Å². The summed E-state index contributed by atoms with van der Waals surface area (Å²) < 4.78 is 29.4. The molecule has 0 saturated carbocycles. The van der Waals surface area contributed by atoms with Crippen molar-refractivity contribution in [1.82, 2.24) is 4.98 Å². The number of benzene rings is 2. The van der Waals surface area contributed by atoms with Crippen molar-refractivity contribution in [2.24, 2.45) is 0 Å². The largest absolute Gasteiger partial charge is 0.417 e. The number of halogens is 1. The second-order valence-electron chi connectivity index (χ2n) is 5.27. The van der Waals surface area contributed by atoms with E-state index in [0.29, 0.717) is 16.8 Å². The first-order valence-electron chi connectivity index (χ1n) is 7.25. The molecular weight excluding hydrogens is 368 g/mol. The van der Waals surface area contributed by atoms with Crippen molar-refractivity contribution in [1.29, 1.82) is 0 Å². The summed E-state index contributed by atoms with van der Waals surface area (Å²) >= 11 is 5.89. The highest BCUT2D eigenvalue weighted by Crippen LogP contribution is 2.22. The van der Waals surface area contributed by atoms with E-state index in [9.17, 15) is 18.0 Å². The van der Waals surface area contributed by atoms with Crippen molar-refractivity contribution < 1.29 is 17.6 Å². The molecule has 25 heavy (non-hydrogen) atoms. The zero-order chi connectivity index (χ0) is 18.0. The van der Waals surface area contributed by atoms with Crippen LogP contribution in [-0.4, -0.2) is 25.1 Å². The van der Waals surface area contributed by atoms with Gasteiger partial charge in [0, 0.05) is 18.2 Å². The monoisotopic (exact) mass is 380 g/mol. The first kappa shape index (κ1) is 17.2. The molecule has 0 aliphatic heterocycles. The summed E-state index contributed by atoms with van der Waals surface area (Å²) in [5.41, 5.74) is 1.20. The highest BCUT2D eigenvalue weighted by atomic mass is 35.5. The van der Waals surface area contributed by atoms with Gasteiger partial charge in [-0.1, -0.05) is 23.7 Å². The van der Waals surface area contributed by atoms with Crippen LogP contribution in [0.4, 0.5) is 5.69 Å². The van der Waals surface area contributed by atoms with Crippen LogP contribution in [0.1, 0.15) is 6.42 Å². The summed E-state index contributed by atoms with van der Waals surface area (Å²) in [5, 5.41) is 2.69. The SMILES string of the molecule is O=C(CCS(=O)(=O)c1ccccc1Cl)Nc1ccc2[nH]c(=O)oc2c1. The molecule has 3 aromatic rings. The molecule has 1 heterocycles. The molecule has 7 nitrogen and oxygen atoms in total. The standard InChI is InChI=1S/C16H13ClN2O5S/c17-11-3-1-2-4-14(11)25(22,23)8-7-15(20)18-10-5-6-12-13(9-10)24-16(21)19-12/h1-6,9H,7-8H2,(H,18,20)(H,19,21). The van der Waals surface area contributed by atoms with Crippen LogP contribution in [0.25, 0.3) is 11.1 Å². The first-order chi connectivity index (χ1) is 11.8. The van der Waals surface area contributed by atoms with E-state index in [4.69, 9.17) is 16.0 Å². The third kappa shape index (κ3) is 3.92. The highest BCUT2D eigenvalue weighted by Gasteiger charge is 2.19. The van der Waals surface area contributed by atoms with Gasteiger partial charge in [0.05, 0.1) is 21.2 Å². The van der Waals surface area contributed by atoms with E-state index in [2.05, 4.69) is 10.3 Å². The molecule has 0 saturated heterocycles. The van der Waals surface area contributed by atoms with Gasteiger partial charge in [-0.15, -0.1) is 0 Å². The molecule has 0 fully saturated rings.